The zero-order valence-electron chi connectivity index (χ0n) is 14.1. The number of ether oxygens (including phenoxy) is 1. The molecule has 1 amide bonds. The van der Waals surface area contributed by atoms with Crippen molar-refractivity contribution < 1.29 is 9.53 Å². The molecule has 0 bridgehead atoms. The lowest BCUT2D eigenvalue weighted by atomic mass is 10.2. The summed E-state index contributed by atoms with van der Waals surface area (Å²) in [6.45, 7) is 3.43. The van der Waals surface area contributed by atoms with Gasteiger partial charge in [-0.3, -0.25) is 4.79 Å². The van der Waals surface area contributed by atoms with Crippen LogP contribution < -0.4 is 20.3 Å². The summed E-state index contributed by atoms with van der Waals surface area (Å²) < 4.78 is 5.25. The fourth-order valence-electron chi connectivity index (χ4n) is 1.90. The van der Waals surface area contributed by atoms with Crippen molar-refractivity contribution in [2.45, 2.75) is 6.92 Å². The number of hydrogen-bond acceptors (Lipinski definition) is 7. The van der Waals surface area contributed by atoms with E-state index in [1.807, 2.05) is 32.0 Å². The summed E-state index contributed by atoms with van der Waals surface area (Å²) in [5.41, 5.74) is 1.45. The van der Waals surface area contributed by atoms with Crippen LogP contribution in [-0.4, -0.2) is 54.9 Å². The Bertz CT molecular complexity index is 660. The van der Waals surface area contributed by atoms with Crippen molar-refractivity contribution in [2.75, 3.05) is 44.0 Å². The molecule has 0 atom stereocenters. The highest BCUT2D eigenvalue weighted by molar-refractivity contribution is 5.93. The Balaban J connectivity index is 1.77. The van der Waals surface area contributed by atoms with Crippen LogP contribution in [0.3, 0.4) is 0 Å². The molecule has 128 valence electrons. The molecule has 0 fully saturated rings. The second-order valence-corrected chi connectivity index (χ2v) is 5.19. The van der Waals surface area contributed by atoms with Gasteiger partial charge < -0.3 is 20.3 Å². The second-order valence-electron chi connectivity index (χ2n) is 5.19. The smallest absolute Gasteiger partial charge is 0.252 e. The van der Waals surface area contributed by atoms with Gasteiger partial charge in [-0.05, 0) is 13.0 Å². The molecular weight excluding hydrogens is 308 g/mol. The van der Waals surface area contributed by atoms with Gasteiger partial charge in [-0.1, -0.05) is 0 Å². The van der Waals surface area contributed by atoms with Crippen molar-refractivity contribution in [1.29, 1.82) is 0 Å². The molecular formula is C16H22N6O2. The van der Waals surface area contributed by atoms with Gasteiger partial charge in [0.1, 0.15) is 0 Å². The van der Waals surface area contributed by atoms with Crippen molar-refractivity contribution >= 4 is 17.4 Å². The monoisotopic (exact) mass is 330 g/mol. The summed E-state index contributed by atoms with van der Waals surface area (Å²) in [5.74, 6) is 0.994. The van der Waals surface area contributed by atoms with Gasteiger partial charge >= 0.3 is 0 Å². The molecule has 0 aliphatic carbocycles. The van der Waals surface area contributed by atoms with E-state index in [9.17, 15) is 4.79 Å². The quantitative estimate of drug-likeness (QED) is 0.702. The molecule has 2 aromatic heterocycles. The Morgan fingerprint density at radius 2 is 2.08 bits per heavy atom. The van der Waals surface area contributed by atoms with Crippen molar-refractivity contribution in [3.05, 3.63) is 36.2 Å². The maximum absolute atomic E-state index is 12.0. The van der Waals surface area contributed by atoms with E-state index in [4.69, 9.17) is 4.74 Å². The maximum atomic E-state index is 12.0. The lowest BCUT2D eigenvalue weighted by molar-refractivity contribution is 0.0954. The van der Waals surface area contributed by atoms with E-state index >= 15 is 0 Å². The summed E-state index contributed by atoms with van der Waals surface area (Å²) in [7, 11) is 3.87. The highest BCUT2D eigenvalue weighted by Crippen LogP contribution is 2.12. The fraction of sp³-hybridized carbons (Fsp3) is 0.375. The van der Waals surface area contributed by atoms with E-state index in [1.54, 1.807) is 18.3 Å². The fourth-order valence-corrected chi connectivity index (χ4v) is 1.90. The van der Waals surface area contributed by atoms with Crippen LogP contribution in [-0.2, 0) is 0 Å². The summed E-state index contributed by atoms with van der Waals surface area (Å²) in [6.07, 6.45) is 3.19. The van der Waals surface area contributed by atoms with Crippen molar-refractivity contribution in [1.82, 2.24) is 20.5 Å². The van der Waals surface area contributed by atoms with Gasteiger partial charge in [0, 0.05) is 45.5 Å². The maximum Gasteiger partial charge on any atom is 0.252 e. The third kappa shape index (κ3) is 5.08. The van der Waals surface area contributed by atoms with Gasteiger partial charge in [-0.15, -0.1) is 5.10 Å². The van der Waals surface area contributed by atoms with Gasteiger partial charge in [-0.25, -0.2) is 4.98 Å². The minimum atomic E-state index is -0.180. The lowest BCUT2D eigenvalue weighted by Gasteiger charge is -2.13. The highest BCUT2D eigenvalue weighted by atomic mass is 16.5. The number of anilines is 2. The minimum absolute atomic E-state index is 0.180. The van der Waals surface area contributed by atoms with Crippen molar-refractivity contribution in [2.24, 2.45) is 0 Å². The van der Waals surface area contributed by atoms with E-state index in [-0.39, 0.29) is 5.91 Å². The topological polar surface area (TPSA) is 92.3 Å². The van der Waals surface area contributed by atoms with E-state index in [2.05, 4.69) is 25.8 Å². The van der Waals surface area contributed by atoms with Crippen LogP contribution in [0.15, 0.2) is 30.6 Å². The third-order valence-corrected chi connectivity index (χ3v) is 3.16. The van der Waals surface area contributed by atoms with E-state index in [0.29, 0.717) is 37.0 Å². The van der Waals surface area contributed by atoms with Crippen molar-refractivity contribution in [3.63, 3.8) is 0 Å². The predicted octanol–water partition coefficient (Wildman–Crippen LogP) is 1.18. The second kappa shape index (κ2) is 8.66. The number of rotatable bonds is 8. The van der Waals surface area contributed by atoms with Gasteiger partial charge in [0.15, 0.2) is 5.82 Å². The molecule has 2 N–H and O–H groups in total. The van der Waals surface area contributed by atoms with Crippen LogP contribution in [0, 0.1) is 0 Å². The molecule has 2 aromatic rings. The Morgan fingerprint density at radius 1 is 1.25 bits per heavy atom. The van der Waals surface area contributed by atoms with Crippen LogP contribution in [0.5, 0.6) is 5.88 Å². The van der Waals surface area contributed by atoms with E-state index in [0.717, 1.165) is 5.69 Å². The molecule has 8 nitrogen and oxygen atoms in total. The first-order chi connectivity index (χ1) is 11.6. The van der Waals surface area contributed by atoms with Gasteiger partial charge in [0.25, 0.3) is 5.91 Å². The number of nitrogens with zero attached hydrogens (tertiary/aromatic N) is 4. The van der Waals surface area contributed by atoms with E-state index in [1.165, 1.54) is 6.20 Å². The predicted molar refractivity (Wildman–Crippen MR) is 92.6 cm³/mol. The Kier molecular flexibility index (Phi) is 6.30. The average molecular weight is 330 g/mol. The highest BCUT2D eigenvalue weighted by Gasteiger charge is 2.06. The number of hydrogen-bond donors (Lipinski definition) is 2. The first-order valence-electron chi connectivity index (χ1n) is 7.71. The minimum Gasteiger partial charge on any atom is -0.478 e. The Labute approximate surface area is 141 Å². The zero-order valence-corrected chi connectivity index (χ0v) is 14.1. The molecule has 2 heterocycles. The van der Waals surface area contributed by atoms with Gasteiger partial charge in [-0.2, -0.15) is 5.10 Å². The summed E-state index contributed by atoms with van der Waals surface area (Å²) in [5, 5.41) is 13.9. The number of amides is 1. The largest absolute Gasteiger partial charge is 0.478 e. The lowest BCUT2D eigenvalue weighted by Crippen LogP contribution is -2.29. The number of nitrogens with one attached hydrogen (secondary N) is 2. The molecule has 0 unspecified atom stereocenters. The Hall–Kier alpha value is -2.90. The molecule has 0 aliphatic rings. The molecule has 2 rings (SSSR count). The zero-order chi connectivity index (χ0) is 17.4. The SMILES string of the molecule is CCOc1ccc(C(=O)NCCNc2cc(N(C)C)cnn2)cn1. The summed E-state index contributed by atoms with van der Waals surface area (Å²) >= 11 is 0. The van der Waals surface area contributed by atoms with Gasteiger partial charge in [0.05, 0.1) is 24.1 Å². The molecule has 0 radical (unpaired) electrons. The third-order valence-electron chi connectivity index (χ3n) is 3.16. The number of pyridine rings is 1. The van der Waals surface area contributed by atoms with Crippen LogP contribution >= 0.6 is 0 Å². The molecule has 0 saturated carbocycles. The molecule has 0 aromatic carbocycles. The average Bonchev–Trinajstić information content (AvgIpc) is 2.60. The van der Waals surface area contributed by atoms with Crippen LogP contribution in [0.2, 0.25) is 0 Å². The molecule has 0 aliphatic heterocycles. The van der Waals surface area contributed by atoms with Gasteiger partial charge in [0.2, 0.25) is 5.88 Å². The molecule has 24 heavy (non-hydrogen) atoms. The number of aromatic nitrogens is 3. The number of carbonyl (C=O) groups is 1. The summed E-state index contributed by atoms with van der Waals surface area (Å²) in [4.78, 5) is 18.0. The molecule has 8 heteroatoms. The first kappa shape index (κ1) is 17.5. The first-order valence-corrected chi connectivity index (χ1v) is 7.71. The van der Waals surface area contributed by atoms with E-state index < -0.39 is 0 Å². The van der Waals surface area contributed by atoms with Crippen molar-refractivity contribution in [3.8, 4) is 5.88 Å². The van der Waals surface area contributed by atoms with Crippen LogP contribution in [0.4, 0.5) is 11.5 Å². The number of carbonyl (C=O) groups excluding carboxylic acids is 1. The summed E-state index contributed by atoms with van der Waals surface area (Å²) in [6, 6.07) is 5.26. The van der Waals surface area contributed by atoms with Crippen LogP contribution in [0.25, 0.3) is 0 Å². The molecule has 0 saturated heterocycles. The standard InChI is InChI=1S/C16H22N6O2/c1-4-24-15-6-5-12(10-19-15)16(23)18-8-7-17-14-9-13(22(2)3)11-20-21-14/h5-6,9-11H,4,7-8H2,1-3H3,(H,17,21)(H,18,23). The normalized spacial score (nSPS) is 10.1. The van der Waals surface area contributed by atoms with Crippen LogP contribution in [0.1, 0.15) is 17.3 Å². The Morgan fingerprint density at radius 3 is 2.75 bits per heavy atom. The molecule has 0 spiro atoms.